The van der Waals surface area contributed by atoms with Crippen LogP contribution in [-0.2, 0) is 4.79 Å². The molecule has 11 heavy (non-hydrogen) atoms. The van der Waals surface area contributed by atoms with E-state index in [1.165, 1.54) is 0 Å². The van der Waals surface area contributed by atoms with Crippen molar-refractivity contribution in [3.63, 3.8) is 0 Å². The zero-order valence-electron chi connectivity index (χ0n) is 7.98. The van der Waals surface area contributed by atoms with Gasteiger partial charge in [-0.25, -0.2) is 0 Å². The topological polar surface area (TPSA) is 29.1 Å². The molecule has 0 saturated heterocycles. The van der Waals surface area contributed by atoms with Crippen LogP contribution in [-0.4, -0.2) is 12.5 Å². The normalized spacial score (nSPS) is 14.2. The van der Waals surface area contributed by atoms with Gasteiger partial charge in [0.1, 0.15) is 0 Å². The molecule has 0 aliphatic carbocycles. The second-order valence-electron chi connectivity index (χ2n) is 3.99. The van der Waals surface area contributed by atoms with Crippen LogP contribution in [0.3, 0.4) is 0 Å². The highest BCUT2D eigenvalue weighted by atomic mass is 16.1. The van der Waals surface area contributed by atoms with Crippen molar-refractivity contribution in [3.05, 3.63) is 0 Å². The van der Waals surface area contributed by atoms with Gasteiger partial charge in [-0.05, 0) is 11.8 Å². The van der Waals surface area contributed by atoms with Crippen molar-refractivity contribution in [3.8, 4) is 0 Å². The molecule has 0 saturated carbocycles. The molecule has 0 fully saturated rings. The predicted octanol–water partition coefficient (Wildman–Crippen LogP) is 1.95. The summed E-state index contributed by atoms with van der Waals surface area (Å²) in [5.41, 5.74) is 0.178. The molecule has 0 rings (SSSR count). The van der Waals surface area contributed by atoms with E-state index < -0.39 is 0 Å². The highest BCUT2D eigenvalue weighted by molar-refractivity contribution is 5.46. The van der Waals surface area contributed by atoms with Gasteiger partial charge in [0.2, 0.25) is 6.41 Å². The first-order valence-corrected chi connectivity index (χ1v) is 4.22. The monoisotopic (exact) mass is 157 g/mol. The molecule has 1 N–H and O–H groups in total. The molecule has 1 atom stereocenters. The number of carbonyl (C=O) groups excluding carboxylic acids is 1. The third-order valence-electron chi connectivity index (χ3n) is 1.89. The molecule has 66 valence electrons. The minimum Gasteiger partial charge on any atom is -0.355 e. The molecule has 0 heterocycles. The average molecular weight is 157 g/mol. The molecule has 0 unspecified atom stereocenters. The Bertz CT molecular complexity index is 115. The van der Waals surface area contributed by atoms with Gasteiger partial charge in [0.25, 0.3) is 0 Å². The molecular weight excluding hydrogens is 138 g/mol. The zero-order valence-corrected chi connectivity index (χ0v) is 7.98. The minimum atomic E-state index is 0.178. The number of rotatable bonds is 4. The summed E-state index contributed by atoms with van der Waals surface area (Å²) < 4.78 is 0. The Kier molecular flexibility index (Phi) is 4.16. The maximum Gasteiger partial charge on any atom is 0.207 e. The van der Waals surface area contributed by atoms with E-state index >= 15 is 0 Å². The Morgan fingerprint density at radius 3 is 2.27 bits per heavy atom. The van der Waals surface area contributed by atoms with Crippen molar-refractivity contribution in [1.82, 2.24) is 5.32 Å². The predicted molar refractivity (Wildman–Crippen MR) is 47.4 cm³/mol. The molecule has 0 bridgehead atoms. The Labute approximate surface area is 69.4 Å². The van der Waals surface area contributed by atoms with Crippen LogP contribution in [0.2, 0.25) is 0 Å². The van der Waals surface area contributed by atoms with E-state index in [-0.39, 0.29) is 5.41 Å². The molecule has 2 nitrogen and oxygen atoms in total. The van der Waals surface area contributed by atoms with Gasteiger partial charge in [-0.1, -0.05) is 34.1 Å². The van der Waals surface area contributed by atoms with Gasteiger partial charge in [0, 0.05) is 6.04 Å². The van der Waals surface area contributed by atoms with Crippen LogP contribution in [0.1, 0.15) is 40.5 Å². The van der Waals surface area contributed by atoms with Crippen molar-refractivity contribution in [2.75, 3.05) is 0 Å². The lowest BCUT2D eigenvalue weighted by Crippen LogP contribution is -2.39. The van der Waals surface area contributed by atoms with Crippen LogP contribution < -0.4 is 5.32 Å². The summed E-state index contributed by atoms with van der Waals surface area (Å²) in [6, 6.07) is 0.310. The lowest BCUT2D eigenvalue weighted by atomic mass is 9.84. The summed E-state index contributed by atoms with van der Waals surface area (Å²) in [4.78, 5) is 10.2. The second-order valence-corrected chi connectivity index (χ2v) is 3.99. The summed E-state index contributed by atoms with van der Waals surface area (Å²) in [5, 5.41) is 2.84. The number of hydrogen-bond acceptors (Lipinski definition) is 1. The van der Waals surface area contributed by atoms with Gasteiger partial charge in [-0.3, -0.25) is 4.79 Å². The van der Waals surface area contributed by atoms with E-state index in [1.54, 1.807) is 0 Å². The lowest BCUT2D eigenvalue weighted by molar-refractivity contribution is -0.110. The largest absolute Gasteiger partial charge is 0.355 e. The molecule has 0 spiro atoms. The van der Waals surface area contributed by atoms with Crippen LogP contribution in [0.5, 0.6) is 0 Å². The van der Waals surface area contributed by atoms with Crippen LogP contribution in [0.25, 0.3) is 0 Å². The Hall–Kier alpha value is -0.530. The maximum absolute atomic E-state index is 10.2. The minimum absolute atomic E-state index is 0.178. The van der Waals surface area contributed by atoms with Crippen molar-refractivity contribution in [2.45, 2.75) is 46.6 Å². The third kappa shape index (κ3) is 4.02. The van der Waals surface area contributed by atoms with Gasteiger partial charge in [-0.2, -0.15) is 0 Å². The summed E-state index contributed by atoms with van der Waals surface area (Å²) in [5.74, 6) is 0. The Morgan fingerprint density at radius 2 is 2.00 bits per heavy atom. The Balaban J connectivity index is 3.97. The molecule has 0 aliphatic rings. The molecule has 0 aliphatic heterocycles. The van der Waals surface area contributed by atoms with E-state index in [4.69, 9.17) is 0 Å². The first-order chi connectivity index (χ1) is 5.02. The van der Waals surface area contributed by atoms with Crippen LogP contribution >= 0.6 is 0 Å². The molecule has 0 aromatic rings. The van der Waals surface area contributed by atoms with Crippen LogP contribution in [0, 0.1) is 5.41 Å². The van der Waals surface area contributed by atoms with E-state index in [0.717, 1.165) is 19.3 Å². The van der Waals surface area contributed by atoms with Gasteiger partial charge < -0.3 is 5.32 Å². The first kappa shape index (κ1) is 10.5. The zero-order chi connectivity index (χ0) is 8.91. The fourth-order valence-electron chi connectivity index (χ4n) is 1.14. The maximum atomic E-state index is 10.2. The molecule has 0 aromatic carbocycles. The summed E-state index contributed by atoms with van der Waals surface area (Å²) in [6.07, 6.45) is 2.97. The molecule has 1 amide bonds. The standard InChI is InChI=1S/C9H19NO/c1-5-6-8(10-7-11)9(2,3)4/h7-8H,5-6H2,1-4H3,(H,10,11)/t8-/m1/s1. The molecular formula is C9H19NO. The van der Waals surface area contributed by atoms with E-state index in [1.807, 2.05) is 0 Å². The molecule has 2 heteroatoms. The fourth-order valence-corrected chi connectivity index (χ4v) is 1.14. The Morgan fingerprint density at radius 1 is 1.45 bits per heavy atom. The number of nitrogens with one attached hydrogen (secondary N) is 1. The van der Waals surface area contributed by atoms with E-state index in [9.17, 15) is 4.79 Å². The summed E-state index contributed by atoms with van der Waals surface area (Å²) >= 11 is 0. The highest BCUT2D eigenvalue weighted by Gasteiger charge is 2.22. The second kappa shape index (κ2) is 4.37. The van der Waals surface area contributed by atoms with Crippen molar-refractivity contribution < 1.29 is 4.79 Å². The number of hydrogen-bond donors (Lipinski definition) is 1. The van der Waals surface area contributed by atoms with Gasteiger partial charge in [0.05, 0.1) is 0 Å². The highest BCUT2D eigenvalue weighted by Crippen LogP contribution is 2.22. The van der Waals surface area contributed by atoms with Crippen molar-refractivity contribution >= 4 is 6.41 Å². The number of amides is 1. The van der Waals surface area contributed by atoms with Crippen LogP contribution in [0.4, 0.5) is 0 Å². The summed E-state index contributed by atoms with van der Waals surface area (Å²) in [7, 11) is 0. The summed E-state index contributed by atoms with van der Waals surface area (Å²) in [6.45, 7) is 8.56. The van der Waals surface area contributed by atoms with Crippen molar-refractivity contribution in [2.24, 2.45) is 5.41 Å². The van der Waals surface area contributed by atoms with Gasteiger partial charge >= 0.3 is 0 Å². The number of carbonyl (C=O) groups is 1. The van der Waals surface area contributed by atoms with Crippen LogP contribution in [0.15, 0.2) is 0 Å². The smallest absolute Gasteiger partial charge is 0.207 e. The quantitative estimate of drug-likeness (QED) is 0.621. The molecule has 0 radical (unpaired) electrons. The SMILES string of the molecule is CCC[C@@H](NC=O)C(C)(C)C. The lowest BCUT2D eigenvalue weighted by Gasteiger charge is -2.29. The average Bonchev–Trinajstić information content (AvgIpc) is 1.85. The fraction of sp³-hybridized carbons (Fsp3) is 0.889. The third-order valence-corrected chi connectivity index (χ3v) is 1.89. The van der Waals surface area contributed by atoms with E-state index in [0.29, 0.717) is 6.04 Å². The van der Waals surface area contributed by atoms with E-state index in [2.05, 4.69) is 33.0 Å². The molecule has 0 aromatic heterocycles. The van der Waals surface area contributed by atoms with Gasteiger partial charge in [0.15, 0.2) is 0 Å². The van der Waals surface area contributed by atoms with Gasteiger partial charge in [-0.15, -0.1) is 0 Å². The first-order valence-electron chi connectivity index (χ1n) is 4.22. The van der Waals surface area contributed by atoms with Crippen molar-refractivity contribution in [1.29, 1.82) is 0 Å².